The van der Waals surface area contributed by atoms with Crippen LogP contribution >= 0.6 is 0 Å². The maximum Gasteiger partial charge on any atom is 0.415 e. The summed E-state index contributed by atoms with van der Waals surface area (Å²) in [6.45, 7) is 3.32. The lowest BCUT2D eigenvalue weighted by atomic mass is 10.0. The van der Waals surface area contributed by atoms with Crippen molar-refractivity contribution < 1.29 is 28.8 Å². The van der Waals surface area contributed by atoms with E-state index in [0.29, 0.717) is 5.56 Å². The number of aryl methyl sites for hydroxylation is 2. The number of amides is 1. The zero-order valence-electron chi connectivity index (χ0n) is 13.2. The Hall–Kier alpha value is -2.97. The molecule has 24 heavy (non-hydrogen) atoms. The predicted octanol–water partition coefficient (Wildman–Crippen LogP) is 1.67. The molecule has 1 aromatic carbocycles. The van der Waals surface area contributed by atoms with Gasteiger partial charge in [0.1, 0.15) is 12.6 Å². The average molecular weight is 336 g/mol. The van der Waals surface area contributed by atoms with E-state index in [9.17, 15) is 24.5 Å². The van der Waals surface area contributed by atoms with Gasteiger partial charge in [-0.2, -0.15) is 0 Å². The van der Waals surface area contributed by atoms with Crippen molar-refractivity contribution in [3.05, 3.63) is 38.9 Å². The lowest BCUT2D eigenvalue weighted by Gasteiger charge is -2.09. The van der Waals surface area contributed by atoms with E-state index in [4.69, 9.17) is 4.74 Å². The molecule has 1 heterocycles. The van der Waals surface area contributed by atoms with Crippen LogP contribution in [0.2, 0.25) is 0 Å². The Morgan fingerprint density at radius 1 is 1.33 bits per heavy atom. The molecule has 0 radical (unpaired) electrons. The van der Waals surface area contributed by atoms with Gasteiger partial charge in [-0.3, -0.25) is 14.9 Å². The Bertz CT molecular complexity index is 714. The molecule has 9 heteroatoms. The van der Waals surface area contributed by atoms with E-state index in [1.54, 1.807) is 19.9 Å². The number of cyclic esters (lactones) is 2. The van der Waals surface area contributed by atoms with Gasteiger partial charge in [0.05, 0.1) is 10.5 Å². The van der Waals surface area contributed by atoms with Gasteiger partial charge in [-0.25, -0.2) is 9.59 Å². The molecule has 128 valence electrons. The fourth-order valence-electron chi connectivity index (χ4n) is 2.22. The molecule has 0 unspecified atom stereocenters. The fourth-order valence-corrected chi connectivity index (χ4v) is 2.22. The topological polar surface area (TPSA) is 125 Å². The lowest BCUT2D eigenvalue weighted by molar-refractivity contribution is -0.385. The molecule has 0 aliphatic carbocycles. The smallest absolute Gasteiger partial charge is 0.415 e. The third-order valence-electron chi connectivity index (χ3n) is 3.69. The van der Waals surface area contributed by atoms with E-state index in [2.05, 4.69) is 10.1 Å². The van der Waals surface area contributed by atoms with Gasteiger partial charge in [0.15, 0.2) is 0 Å². The first kappa shape index (κ1) is 17.4. The number of nitrogens with zero attached hydrogens (tertiary/aromatic N) is 1. The summed E-state index contributed by atoms with van der Waals surface area (Å²) in [5.74, 6) is -1.37. The lowest BCUT2D eigenvalue weighted by Crippen LogP contribution is -2.29. The van der Waals surface area contributed by atoms with Crippen molar-refractivity contribution in [2.45, 2.75) is 39.3 Å². The number of carbonyl (C=O) groups excluding carboxylic acids is 3. The third-order valence-corrected chi connectivity index (χ3v) is 3.69. The van der Waals surface area contributed by atoms with Crippen LogP contribution in [0, 0.1) is 24.0 Å². The molecule has 1 aliphatic heterocycles. The summed E-state index contributed by atoms with van der Waals surface area (Å²) in [5.41, 5.74) is 1.80. The van der Waals surface area contributed by atoms with Gasteiger partial charge in [-0.05, 0) is 37.5 Å². The Labute approximate surface area is 137 Å². The number of hydrogen-bond acceptors (Lipinski definition) is 7. The van der Waals surface area contributed by atoms with Crippen LogP contribution in [0.15, 0.2) is 12.1 Å². The molecular weight excluding hydrogens is 320 g/mol. The molecule has 1 aliphatic rings. The minimum atomic E-state index is -0.874. The van der Waals surface area contributed by atoms with E-state index in [0.717, 1.165) is 11.1 Å². The highest BCUT2D eigenvalue weighted by molar-refractivity contribution is 5.95. The Morgan fingerprint density at radius 2 is 2.00 bits per heavy atom. The Kier molecular flexibility index (Phi) is 5.12. The minimum Gasteiger partial charge on any atom is -0.461 e. The van der Waals surface area contributed by atoms with Gasteiger partial charge >= 0.3 is 18.0 Å². The summed E-state index contributed by atoms with van der Waals surface area (Å²) in [7, 11) is 0. The second kappa shape index (κ2) is 7.07. The second-order valence-electron chi connectivity index (χ2n) is 5.43. The molecule has 1 fully saturated rings. The van der Waals surface area contributed by atoms with Crippen molar-refractivity contribution in [3.63, 3.8) is 0 Å². The van der Waals surface area contributed by atoms with Crippen molar-refractivity contribution in [1.82, 2.24) is 5.32 Å². The molecule has 9 nitrogen and oxygen atoms in total. The maximum absolute atomic E-state index is 11.7. The zero-order valence-corrected chi connectivity index (χ0v) is 13.2. The summed E-state index contributed by atoms with van der Waals surface area (Å²) in [4.78, 5) is 44.4. The normalized spacial score (nSPS) is 16.5. The molecule has 1 N–H and O–H groups in total. The van der Waals surface area contributed by atoms with Crippen molar-refractivity contribution in [3.8, 4) is 0 Å². The van der Waals surface area contributed by atoms with Gasteiger partial charge in [-0.1, -0.05) is 0 Å². The summed E-state index contributed by atoms with van der Waals surface area (Å²) in [5, 5.41) is 13.3. The highest BCUT2D eigenvalue weighted by atomic mass is 16.6. The SMILES string of the molecule is Cc1cc(COC(=O)CC[C@@H]2NC(=O)OC2=O)c([N+](=O)[O-])cc1C. The third kappa shape index (κ3) is 4.06. The number of carbonyl (C=O) groups is 3. The first-order chi connectivity index (χ1) is 11.3. The highest BCUT2D eigenvalue weighted by Gasteiger charge is 2.32. The van der Waals surface area contributed by atoms with E-state index in [1.165, 1.54) is 6.07 Å². The molecule has 0 spiro atoms. The summed E-state index contributed by atoms with van der Waals surface area (Å²) < 4.78 is 9.31. The fraction of sp³-hybridized carbons (Fsp3) is 0.400. The predicted molar refractivity (Wildman–Crippen MR) is 80.0 cm³/mol. The molecule has 0 aromatic heterocycles. The van der Waals surface area contributed by atoms with Crippen molar-refractivity contribution in [2.75, 3.05) is 0 Å². The van der Waals surface area contributed by atoms with Gasteiger partial charge in [0.25, 0.3) is 5.69 Å². The minimum absolute atomic E-state index is 0.0401. The number of nitro groups is 1. The van der Waals surface area contributed by atoms with Crippen LogP contribution in [-0.4, -0.2) is 29.0 Å². The van der Waals surface area contributed by atoms with E-state index in [-0.39, 0.29) is 25.1 Å². The van der Waals surface area contributed by atoms with Gasteiger partial charge < -0.3 is 14.8 Å². The van der Waals surface area contributed by atoms with Crippen LogP contribution in [-0.2, 0) is 25.7 Å². The van der Waals surface area contributed by atoms with Crippen molar-refractivity contribution >= 4 is 23.7 Å². The number of nitro benzene ring substituents is 1. The van der Waals surface area contributed by atoms with Crippen LogP contribution in [0.25, 0.3) is 0 Å². The van der Waals surface area contributed by atoms with Crippen molar-refractivity contribution in [1.29, 1.82) is 0 Å². The number of esters is 2. The van der Waals surface area contributed by atoms with Crippen LogP contribution in [0.5, 0.6) is 0 Å². The highest BCUT2D eigenvalue weighted by Crippen LogP contribution is 2.24. The molecule has 2 rings (SSSR count). The van der Waals surface area contributed by atoms with Gasteiger partial charge in [0.2, 0.25) is 0 Å². The van der Waals surface area contributed by atoms with E-state index < -0.39 is 29.0 Å². The number of alkyl carbamates (subject to hydrolysis) is 1. The summed E-state index contributed by atoms with van der Waals surface area (Å²) in [6, 6.07) is 2.17. The molecular formula is C15H16N2O7. The Morgan fingerprint density at radius 3 is 2.58 bits per heavy atom. The zero-order chi connectivity index (χ0) is 17.9. The molecule has 1 saturated heterocycles. The van der Waals surface area contributed by atoms with E-state index in [1.807, 2.05) is 0 Å². The van der Waals surface area contributed by atoms with Crippen molar-refractivity contribution in [2.24, 2.45) is 0 Å². The monoisotopic (exact) mass is 336 g/mol. The second-order valence-corrected chi connectivity index (χ2v) is 5.43. The summed E-state index contributed by atoms with van der Waals surface area (Å²) in [6.07, 6.45) is -0.930. The van der Waals surface area contributed by atoms with Gasteiger partial charge in [0, 0.05) is 12.5 Å². The Balaban J connectivity index is 1.92. The molecule has 1 atom stereocenters. The first-order valence-electron chi connectivity index (χ1n) is 7.20. The number of ether oxygens (including phenoxy) is 2. The average Bonchev–Trinajstić information content (AvgIpc) is 2.83. The van der Waals surface area contributed by atoms with Crippen LogP contribution in [0.1, 0.15) is 29.5 Å². The first-order valence-corrected chi connectivity index (χ1v) is 7.20. The molecule has 1 aromatic rings. The van der Waals surface area contributed by atoms with Gasteiger partial charge in [-0.15, -0.1) is 0 Å². The molecule has 0 bridgehead atoms. The van der Waals surface area contributed by atoms with Crippen LogP contribution < -0.4 is 5.32 Å². The molecule has 0 saturated carbocycles. The number of rotatable bonds is 6. The van der Waals surface area contributed by atoms with Crippen LogP contribution in [0.4, 0.5) is 10.5 Å². The maximum atomic E-state index is 11.7. The largest absolute Gasteiger partial charge is 0.461 e. The van der Waals surface area contributed by atoms with Crippen LogP contribution in [0.3, 0.4) is 0 Å². The number of benzene rings is 1. The van der Waals surface area contributed by atoms with E-state index >= 15 is 0 Å². The number of hydrogen-bond donors (Lipinski definition) is 1. The molecule has 1 amide bonds. The quantitative estimate of drug-likeness (QED) is 0.362. The standard InChI is InChI=1S/C15H16N2O7/c1-8-5-10(12(17(21)22)6-9(8)2)7-23-13(18)4-3-11-14(19)24-15(20)16-11/h5-6,11H,3-4,7H2,1-2H3,(H,16,20)/t11-/m0/s1. The number of nitrogens with one attached hydrogen (secondary N) is 1. The summed E-state index contributed by atoms with van der Waals surface area (Å²) >= 11 is 0.